The fourth-order valence-electron chi connectivity index (χ4n) is 1.66. The highest BCUT2D eigenvalue weighted by molar-refractivity contribution is 9.10. The van der Waals surface area contributed by atoms with Crippen LogP contribution in [0.4, 0.5) is 0 Å². The Bertz CT molecular complexity index is 630. The number of hydrogen-bond donors (Lipinski definition) is 1. The fraction of sp³-hybridized carbons (Fsp3) is 0.200. The maximum Gasteiger partial charge on any atom is 0.244 e. The summed E-state index contributed by atoms with van der Waals surface area (Å²) in [6, 6.07) is 11.3. The van der Waals surface area contributed by atoms with E-state index >= 15 is 0 Å². The Labute approximate surface area is 126 Å². The second-order valence-electron chi connectivity index (χ2n) is 4.45. The molecule has 1 amide bonds. The number of hydrogen-bond acceptors (Lipinski definition) is 3. The van der Waals surface area contributed by atoms with Gasteiger partial charge in [-0.3, -0.25) is 4.79 Å². The lowest BCUT2D eigenvalue weighted by atomic mass is 10.1. The largest absolute Gasteiger partial charge is 0.460 e. The Hall–Kier alpha value is -1.88. The lowest BCUT2D eigenvalue weighted by Crippen LogP contribution is -2.21. The molecule has 4 nitrogen and oxygen atoms in total. The molecule has 1 N–H and O–H groups in total. The van der Waals surface area contributed by atoms with Gasteiger partial charge in [-0.15, -0.1) is 0 Å². The Kier molecular flexibility index (Phi) is 4.74. The zero-order valence-corrected chi connectivity index (χ0v) is 12.9. The Morgan fingerprint density at radius 2 is 1.95 bits per heavy atom. The highest BCUT2D eigenvalue weighted by atomic mass is 79.9. The van der Waals surface area contributed by atoms with Crippen molar-refractivity contribution in [2.75, 3.05) is 0 Å². The lowest BCUT2D eigenvalue weighted by molar-refractivity contribution is -0.120. The van der Waals surface area contributed by atoms with Crippen molar-refractivity contribution in [3.63, 3.8) is 0 Å². The second kappa shape index (κ2) is 6.52. The van der Waals surface area contributed by atoms with Crippen molar-refractivity contribution in [1.82, 2.24) is 5.43 Å². The average molecular weight is 335 g/mol. The molecule has 0 unspecified atom stereocenters. The van der Waals surface area contributed by atoms with Crippen molar-refractivity contribution in [2.24, 2.45) is 5.10 Å². The molecule has 1 aromatic carbocycles. The molecule has 0 radical (unpaired) electrons. The molecule has 1 aromatic heterocycles. The van der Waals surface area contributed by atoms with Gasteiger partial charge in [-0.05, 0) is 43.7 Å². The van der Waals surface area contributed by atoms with Crippen LogP contribution in [0, 0.1) is 6.92 Å². The first-order valence-electron chi connectivity index (χ1n) is 6.19. The summed E-state index contributed by atoms with van der Waals surface area (Å²) in [5.74, 6) is 1.32. The monoisotopic (exact) mass is 334 g/mol. The molecule has 5 heteroatoms. The van der Waals surface area contributed by atoms with Crippen LogP contribution >= 0.6 is 15.9 Å². The van der Waals surface area contributed by atoms with Gasteiger partial charge in [0, 0.05) is 4.47 Å². The predicted octanol–water partition coefficient (Wildman–Crippen LogP) is 3.43. The summed E-state index contributed by atoms with van der Waals surface area (Å²) in [4.78, 5) is 11.8. The summed E-state index contributed by atoms with van der Waals surface area (Å²) >= 11 is 3.36. The van der Waals surface area contributed by atoms with Crippen molar-refractivity contribution < 1.29 is 9.21 Å². The van der Waals surface area contributed by atoms with E-state index in [0.29, 0.717) is 17.9 Å². The summed E-state index contributed by atoms with van der Waals surface area (Å²) in [6.07, 6.45) is 0.293. The first kappa shape index (κ1) is 14.5. The van der Waals surface area contributed by atoms with Crippen LogP contribution in [0.15, 0.2) is 50.4 Å². The highest BCUT2D eigenvalue weighted by Gasteiger charge is 2.05. The van der Waals surface area contributed by atoms with Crippen molar-refractivity contribution in [2.45, 2.75) is 20.3 Å². The third-order valence-electron chi connectivity index (χ3n) is 2.72. The van der Waals surface area contributed by atoms with E-state index in [0.717, 1.165) is 15.8 Å². The van der Waals surface area contributed by atoms with Gasteiger partial charge in [-0.2, -0.15) is 5.10 Å². The summed E-state index contributed by atoms with van der Waals surface area (Å²) in [5.41, 5.74) is 4.11. The van der Waals surface area contributed by atoms with Crippen molar-refractivity contribution in [1.29, 1.82) is 0 Å². The SMILES string of the molecule is C/C(=N\NC(=O)Cc1ccc(Br)cc1)c1ccc(C)o1. The van der Waals surface area contributed by atoms with Crippen LogP contribution in [-0.2, 0) is 11.2 Å². The normalized spacial score (nSPS) is 11.4. The van der Waals surface area contributed by atoms with Gasteiger partial charge in [0.15, 0.2) is 0 Å². The van der Waals surface area contributed by atoms with Gasteiger partial charge >= 0.3 is 0 Å². The van der Waals surface area contributed by atoms with Crippen molar-refractivity contribution in [3.05, 3.63) is 58.0 Å². The Morgan fingerprint density at radius 1 is 1.25 bits per heavy atom. The molecule has 0 fully saturated rings. The quantitative estimate of drug-likeness (QED) is 0.687. The average Bonchev–Trinajstić information content (AvgIpc) is 2.85. The molecule has 0 aliphatic carbocycles. The van der Waals surface area contributed by atoms with Gasteiger partial charge in [0.1, 0.15) is 17.2 Å². The van der Waals surface area contributed by atoms with Gasteiger partial charge in [0.05, 0.1) is 6.42 Å². The van der Waals surface area contributed by atoms with Gasteiger partial charge in [0.2, 0.25) is 5.91 Å². The van der Waals surface area contributed by atoms with Crippen LogP contribution in [0.25, 0.3) is 0 Å². The number of halogens is 1. The molecule has 20 heavy (non-hydrogen) atoms. The summed E-state index contributed by atoms with van der Waals surface area (Å²) in [6.45, 7) is 3.65. The van der Waals surface area contributed by atoms with Gasteiger partial charge < -0.3 is 4.42 Å². The van der Waals surface area contributed by atoms with Crippen LogP contribution in [-0.4, -0.2) is 11.6 Å². The number of amides is 1. The smallest absolute Gasteiger partial charge is 0.244 e. The minimum Gasteiger partial charge on any atom is -0.460 e. The Balaban J connectivity index is 1.93. The van der Waals surface area contributed by atoms with Crippen LogP contribution in [0.5, 0.6) is 0 Å². The number of benzene rings is 1. The van der Waals surface area contributed by atoms with Gasteiger partial charge in [-0.1, -0.05) is 28.1 Å². The molecule has 0 saturated carbocycles. The lowest BCUT2D eigenvalue weighted by Gasteiger charge is -2.02. The number of furan rings is 1. The number of rotatable bonds is 4. The molecule has 0 bridgehead atoms. The Morgan fingerprint density at radius 3 is 2.55 bits per heavy atom. The molecule has 2 rings (SSSR count). The van der Waals surface area contributed by atoms with Crippen molar-refractivity contribution >= 4 is 27.5 Å². The van der Waals surface area contributed by atoms with Crippen LogP contribution in [0.2, 0.25) is 0 Å². The minimum absolute atomic E-state index is 0.157. The first-order valence-corrected chi connectivity index (χ1v) is 6.98. The maximum atomic E-state index is 11.8. The number of nitrogens with zero attached hydrogens (tertiary/aromatic N) is 1. The van der Waals surface area contributed by atoms with E-state index in [1.807, 2.05) is 43.3 Å². The molecule has 0 aliphatic heterocycles. The second-order valence-corrected chi connectivity index (χ2v) is 5.36. The zero-order valence-electron chi connectivity index (χ0n) is 11.3. The third kappa shape index (κ3) is 4.06. The van der Waals surface area contributed by atoms with E-state index in [4.69, 9.17) is 4.42 Å². The van der Waals surface area contributed by atoms with E-state index in [1.54, 1.807) is 6.92 Å². The van der Waals surface area contributed by atoms with Crippen LogP contribution < -0.4 is 5.43 Å². The maximum absolute atomic E-state index is 11.8. The molecular formula is C15H15BrN2O2. The number of carbonyl (C=O) groups is 1. The van der Waals surface area contributed by atoms with E-state index in [9.17, 15) is 4.79 Å². The molecule has 2 aromatic rings. The number of hydrazone groups is 1. The number of nitrogens with one attached hydrogen (secondary N) is 1. The molecular weight excluding hydrogens is 320 g/mol. The minimum atomic E-state index is -0.157. The van der Waals surface area contributed by atoms with Gasteiger partial charge in [0.25, 0.3) is 0 Å². The molecule has 104 valence electrons. The summed E-state index contributed by atoms with van der Waals surface area (Å²) in [7, 11) is 0. The van der Waals surface area contributed by atoms with E-state index in [1.165, 1.54) is 0 Å². The van der Waals surface area contributed by atoms with Crippen LogP contribution in [0.1, 0.15) is 24.0 Å². The molecule has 0 aliphatic rings. The fourth-order valence-corrected chi connectivity index (χ4v) is 1.92. The topological polar surface area (TPSA) is 54.6 Å². The summed E-state index contributed by atoms with van der Waals surface area (Å²) in [5, 5.41) is 4.04. The number of carbonyl (C=O) groups excluding carboxylic acids is 1. The van der Waals surface area contributed by atoms with E-state index in [-0.39, 0.29) is 5.91 Å². The molecule has 1 heterocycles. The predicted molar refractivity (Wildman–Crippen MR) is 81.6 cm³/mol. The standard InChI is InChI=1S/C15H15BrN2O2/c1-10-3-8-14(20-10)11(2)17-18-15(19)9-12-4-6-13(16)7-5-12/h3-8H,9H2,1-2H3,(H,18,19)/b17-11+. The zero-order chi connectivity index (χ0) is 14.5. The van der Waals surface area contributed by atoms with Gasteiger partial charge in [-0.25, -0.2) is 5.43 Å². The molecule has 0 atom stereocenters. The first-order chi connectivity index (χ1) is 9.54. The number of aryl methyl sites for hydroxylation is 1. The molecule has 0 saturated heterocycles. The highest BCUT2D eigenvalue weighted by Crippen LogP contribution is 2.11. The summed E-state index contributed by atoms with van der Waals surface area (Å²) < 4.78 is 6.41. The third-order valence-corrected chi connectivity index (χ3v) is 3.25. The van der Waals surface area contributed by atoms with Crippen LogP contribution in [0.3, 0.4) is 0 Å². The van der Waals surface area contributed by atoms with Crippen molar-refractivity contribution in [3.8, 4) is 0 Å². The van der Waals surface area contributed by atoms with E-state index in [2.05, 4.69) is 26.5 Å². The van der Waals surface area contributed by atoms with E-state index < -0.39 is 0 Å². The molecule has 0 spiro atoms.